The number of aromatic nitrogens is 1. The van der Waals surface area contributed by atoms with Crippen LogP contribution >= 0.6 is 0 Å². The summed E-state index contributed by atoms with van der Waals surface area (Å²) in [5.41, 5.74) is 1.55. The molecule has 1 heterocycles. The van der Waals surface area contributed by atoms with E-state index in [4.69, 9.17) is 10.00 Å². The van der Waals surface area contributed by atoms with Crippen LogP contribution in [0.2, 0.25) is 0 Å². The maximum atomic E-state index is 8.74. The fraction of sp³-hybridized carbons (Fsp3) is 0.100. The van der Waals surface area contributed by atoms with Crippen LogP contribution in [0.25, 0.3) is 10.9 Å². The summed E-state index contributed by atoms with van der Waals surface area (Å²) in [4.78, 5) is 3.06. The predicted molar refractivity (Wildman–Crippen MR) is 49.6 cm³/mol. The van der Waals surface area contributed by atoms with Crippen LogP contribution in [0.3, 0.4) is 0 Å². The monoisotopic (exact) mass is 172 g/mol. The minimum Gasteiger partial charge on any atom is -0.495 e. The van der Waals surface area contributed by atoms with Crippen LogP contribution < -0.4 is 4.74 Å². The van der Waals surface area contributed by atoms with E-state index in [-0.39, 0.29) is 0 Å². The molecule has 0 unspecified atom stereocenters. The van der Waals surface area contributed by atoms with Gasteiger partial charge in [0.1, 0.15) is 5.75 Å². The summed E-state index contributed by atoms with van der Waals surface area (Å²) < 4.78 is 5.15. The van der Waals surface area contributed by atoms with E-state index >= 15 is 0 Å². The molecule has 1 aromatic heterocycles. The Morgan fingerprint density at radius 3 is 3.00 bits per heavy atom. The predicted octanol–water partition coefficient (Wildman–Crippen LogP) is 2.05. The summed E-state index contributed by atoms with van der Waals surface area (Å²) in [5, 5.41) is 9.73. The number of aromatic amines is 1. The molecule has 0 aliphatic carbocycles. The molecular weight excluding hydrogens is 164 g/mol. The van der Waals surface area contributed by atoms with Gasteiger partial charge in [0.2, 0.25) is 0 Å². The highest BCUT2D eigenvalue weighted by atomic mass is 16.5. The molecule has 0 atom stereocenters. The van der Waals surface area contributed by atoms with Crippen LogP contribution in [0.1, 0.15) is 5.56 Å². The summed E-state index contributed by atoms with van der Waals surface area (Å²) in [7, 11) is 1.59. The average Bonchev–Trinajstić information content (AvgIpc) is 2.63. The van der Waals surface area contributed by atoms with Crippen molar-refractivity contribution in [3.8, 4) is 11.8 Å². The van der Waals surface area contributed by atoms with Crippen molar-refractivity contribution in [1.82, 2.24) is 4.98 Å². The van der Waals surface area contributed by atoms with Gasteiger partial charge < -0.3 is 9.72 Å². The molecule has 3 heteroatoms. The van der Waals surface area contributed by atoms with Crippen LogP contribution in [-0.2, 0) is 0 Å². The highest BCUT2D eigenvalue weighted by Gasteiger charge is 2.04. The third kappa shape index (κ3) is 1.13. The number of nitrogens with zero attached hydrogens (tertiary/aromatic N) is 1. The Balaban J connectivity index is 2.79. The molecule has 0 saturated carbocycles. The van der Waals surface area contributed by atoms with Gasteiger partial charge in [-0.1, -0.05) is 0 Å². The van der Waals surface area contributed by atoms with Gasteiger partial charge in [-0.3, -0.25) is 0 Å². The van der Waals surface area contributed by atoms with Crippen molar-refractivity contribution in [2.45, 2.75) is 0 Å². The van der Waals surface area contributed by atoms with Gasteiger partial charge in [-0.25, -0.2) is 0 Å². The number of ether oxygens (including phenoxy) is 1. The summed E-state index contributed by atoms with van der Waals surface area (Å²) in [5.74, 6) is 0.707. The summed E-state index contributed by atoms with van der Waals surface area (Å²) in [6.45, 7) is 0. The first-order valence-electron chi connectivity index (χ1n) is 3.90. The quantitative estimate of drug-likeness (QED) is 0.715. The first-order valence-corrected chi connectivity index (χ1v) is 3.90. The average molecular weight is 172 g/mol. The smallest absolute Gasteiger partial charge is 0.144 e. The molecule has 0 aliphatic rings. The lowest BCUT2D eigenvalue weighted by atomic mass is 10.1. The Morgan fingerprint density at radius 2 is 2.31 bits per heavy atom. The van der Waals surface area contributed by atoms with E-state index in [0.717, 1.165) is 10.9 Å². The third-order valence-electron chi connectivity index (χ3n) is 1.97. The normalized spacial score (nSPS) is 9.85. The van der Waals surface area contributed by atoms with E-state index in [1.165, 1.54) is 0 Å². The molecule has 13 heavy (non-hydrogen) atoms. The highest BCUT2D eigenvalue weighted by molar-refractivity contribution is 5.86. The summed E-state index contributed by atoms with van der Waals surface area (Å²) >= 11 is 0. The molecule has 64 valence electrons. The fourth-order valence-electron chi connectivity index (χ4n) is 1.36. The lowest BCUT2D eigenvalue weighted by molar-refractivity contribution is 0.419. The molecular formula is C10H8N2O. The first-order chi connectivity index (χ1) is 6.35. The molecule has 3 nitrogen and oxygen atoms in total. The standard InChI is InChI=1S/C10H8N2O/c1-13-9-5-7(6-11)4-8-2-3-12-10(8)9/h2-5,12H,1H3. The Kier molecular flexibility index (Phi) is 1.67. The van der Waals surface area contributed by atoms with Crippen molar-refractivity contribution in [2.75, 3.05) is 7.11 Å². The van der Waals surface area contributed by atoms with Gasteiger partial charge in [0.05, 0.1) is 24.3 Å². The SMILES string of the molecule is COc1cc(C#N)cc2cc[nH]c12. The molecule has 0 aliphatic heterocycles. The van der Waals surface area contributed by atoms with Crippen LogP contribution in [0, 0.1) is 11.3 Å². The number of fused-ring (bicyclic) bond motifs is 1. The van der Waals surface area contributed by atoms with E-state index in [9.17, 15) is 0 Å². The maximum Gasteiger partial charge on any atom is 0.144 e. The van der Waals surface area contributed by atoms with Crippen molar-refractivity contribution >= 4 is 10.9 Å². The zero-order valence-electron chi connectivity index (χ0n) is 7.16. The van der Waals surface area contributed by atoms with Crippen LogP contribution in [-0.4, -0.2) is 12.1 Å². The van der Waals surface area contributed by atoms with Gasteiger partial charge in [-0.2, -0.15) is 5.26 Å². The van der Waals surface area contributed by atoms with E-state index in [2.05, 4.69) is 11.1 Å². The Labute approximate surface area is 75.6 Å². The number of hydrogen-bond acceptors (Lipinski definition) is 2. The van der Waals surface area contributed by atoms with E-state index in [1.54, 1.807) is 13.2 Å². The van der Waals surface area contributed by atoms with Crippen LogP contribution in [0.4, 0.5) is 0 Å². The van der Waals surface area contributed by atoms with E-state index < -0.39 is 0 Å². The molecule has 2 rings (SSSR count). The van der Waals surface area contributed by atoms with Crippen molar-refractivity contribution < 1.29 is 4.74 Å². The summed E-state index contributed by atoms with van der Waals surface area (Å²) in [6.07, 6.45) is 1.83. The number of rotatable bonds is 1. The second kappa shape index (κ2) is 2.83. The highest BCUT2D eigenvalue weighted by Crippen LogP contribution is 2.25. The summed E-state index contributed by atoms with van der Waals surface area (Å²) in [6, 6.07) is 7.55. The van der Waals surface area contributed by atoms with Crippen molar-refractivity contribution in [2.24, 2.45) is 0 Å². The molecule has 2 aromatic rings. The zero-order chi connectivity index (χ0) is 9.26. The maximum absolute atomic E-state index is 8.74. The molecule has 0 amide bonds. The Bertz CT molecular complexity index is 479. The second-order valence-electron chi connectivity index (χ2n) is 2.73. The first kappa shape index (κ1) is 7.69. The fourth-order valence-corrected chi connectivity index (χ4v) is 1.36. The zero-order valence-corrected chi connectivity index (χ0v) is 7.16. The Hall–Kier alpha value is -1.95. The minimum atomic E-state index is 0.615. The molecule has 1 aromatic carbocycles. The number of hydrogen-bond donors (Lipinski definition) is 1. The Morgan fingerprint density at radius 1 is 1.46 bits per heavy atom. The number of nitriles is 1. The molecule has 0 bridgehead atoms. The van der Waals surface area contributed by atoms with Crippen molar-refractivity contribution in [3.63, 3.8) is 0 Å². The van der Waals surface area contributed by atoms with Crippen LogP contribution in [0.15, 0.2) is 24.4 Å². The lowest BCUT2D eigenvalue weighted by Crippen LogP contribution is -1.85. The molecule has 0 spiro atoms. The van der Waals surface area contributed by atoms with Gasteiger partial charge >= 0.3 is 0 Å². The molecule has 0 radical (unpaired) electrons. The van der Waals surface area contributed by atoms with Gasteiger partial charge in [-0.05, 0) is 12.1 Å². The largest absolute Gasteiger partial charge is 0.495 e. The number of benzene rings is 1. The van der Waals surface area contributed by atoms with Gasteiger partial charge in [-0.15, -0.1) is 0 Å². The van der Waals surface area contributed by atoms with E-state index in [1.807, 2.05) is 18.3 Å². The number of methoxy groups -OCH3 is 1. The van der Waals surface area contributed by atoms with Crippen molar-refractivity contribution in [3.05, 3.63) is 30.0 Å². The minimum absolute atomic E-state index is 0.615. The van der Waals surface area contributed by atoms with Crippen molar-refractivity contribution in [1.29, 1.82) is 5.26 Å². The third-order valence-corrected chi connectivity index (χ3v) is 1.97. The molecule has 0 fully saturated rings. The van der Waals surface area contributed by atoms with Gasteiger partial charge in [0.15, 0.2) is 0 Å². The number of H-pyrrole nitrogens is 1. The van der Waals surface area contributed by atoms with Crippen LogP contribution in [0.5, 0.6) is 5.75 Å². The second-order valence-corrected chi connectivity index (χ2v) is 2.73. The van der Waals surface area contributed by atoms with Gasteiger partial charge in [0, 0.05) is 17.6 Å². The molecule has 1 N–H and O–H groups in total. The van der Waals surface area contributed by atoms with E-state index in [0.29, 0.717) is 11.3 Å². The van der Waals surface area contributed by atoms with Gasteiger partial charge in [0.25, 0.3) is 0 Å². The molecule has 0 saturated heterocycles. The number of nitrogens with one attached hydrogen (secondary N) is 1. The topological polar surface area (TPSA) is 48.8 Å². The lowest BCUT2D eigenvalue weighted by Gasteiger charge is -2.01.